The Hall–Kier alpha value is -0.920. The van der Waals surface area contributed by atoms with Gasteiger partial charge in [-0.2, -0.15) is 0 Å². The van der Waals surface area contributed by atoms with Gasteiger partial charge in [0, 0.05) is 25.8 Å². The Labute approximate surface area is 108 Å². The first kappa shape index (κ1) is 13.5. The van der Waals surface area contributed by atoms with Gasteiger partial charge >= 0.3 is 0 Å². The van der Waals surface area contributed by atoms with E-state index in [2.05, 4.69) is 15.0 Å². The van der Waals surface area contributed by atoms with Crippen LogP contribution in [0, 0.1) is 6.92 Å². The monoisotopic (exact) mass is 272 g/mol. The van der Waals surface area contributed by atoms with Gasteiger partial charge in [0.25, 0.3) is 10.0 Å². The molecular weight excluding hydrogens is 252 g/mol. The maximum absolute atomic E-state index is 12.2. The number of rotatable bonds is 3. The lowest BCUT2D eigenvalue weighted by Gasteiger charge is -2.15. The number of aromatic nitrogens is 2. The van der Waals surface area contributed by atoms with E-state index < -0.39 is 10.0 Å². The second-order valence-electron chi connectivity index (χ2n) is 4.76. The molecule has 0 bridgehead atoms. The van der Waals surface area contributed by atoms with Crippen molar-refractivity contribution in [2.75, 3.05) is 13.1 Å². The van der Waals surface area contributed by atoms with E-state index in [1.165, 1.54) is 0 Å². The van der Waals surface area contributed by atoms with Crippen LogP contribution in [0.15, 0.2) is 11.2 Å². The molecule has 0 aromatic carbocycles. The molecule has 0 radical (unpaired) electrons. The van der Waals surface area contributed by atoms with Crippen molar-refractivity contribution >= 4 is 10.0 Å². The van der Waals surface area contributed by atoms with Crippen molar-refractivity contribution in [3.63, 3.8) is 0 Å². The standard InChI is InChI=1S/C11H20N4O2S/c1-9-13-11(8-15(9)2)18(16,17)14-10-5-3-4-6-12-7-10/h8,10,12,14H,3-7H2,1-2H3. The van der Waals surface area contributed by atoms with E-state index in [-0.39, 0.29) is 11.1 Å². The molecule has 1 unspecified atom stereocenters. The number of sulfonamides is 1. The predicted molar refractivity (Wildman–Crippen MR) is 68.8 cm³/mol. The van der Waals surface area contributed by atoms with E-state index in [0.29, 0.717) is 12.4 Å². The van der Waals surface area contributed by atoms with Gasteiger partial charge in [0.2, 0.25) is 0 Å². The Morgan fingerprint density at radius 2 is 2.28 bits per heavy atom. The van der Waals surface area contributed by atoms with Crippen LogP contribution < -0.4 is 10.0 Å². The Balaban J connectivity index is 2.11. The lowest BCUT2D eigenvalue weighted by atomic mass is 10.2. The van der Waals surface area contributed by atoms with Gasteiger partial charge in [0.05, 0.1) is 0 Å². The largest absolute Gasteiger partial charge is 0.337 e. The zero-order chi connectivity index (χ0) is 13.2. The maximum Gasteiger partial charge on any atom is 0.259 e. The molecule has 1 aliphatic heterocycles. The quantitative estimate of drug-likeness (QED) is 0.821. The molecular formula is C11H20N4O2S. The predicted octanol–water partition coefficient (Wildman–Crippen LogP) is 0.149. The number of hydrogen-bond donors (Lipinski definition) is 2. The van der Waals surface area contributed by atoms with Gasteiger partial charge < -0.3 is 9.88 Å². The third-order valence-electron chi connectivity index (χ3n) is 3.23. The first-order valence-corrected chi connectivity index (χ1v) is 7.70. The number of nitrogens with one attached hydrogen (secondary N) is 2. The second kappa shape index (κ2) is 5.38. The van der Waals surface area contributed by atoms with Crippen LogP contribution in [-0.2, 0) is 17.1 Å². The molecule has 1 atom stereocenters. The van der Waals surface area contributed by atoms with Crippen molar-refractivity contribution in [1.82, 2.24) is 19.6 Å². The normalized spacial score (nSPS) is 21.8. The lowest BCUT2D eigenvalue weighted by Crippen LogP contribution is -2.40. The molecule has 0 amide bonds. The Kier molecular flexibility index (Phi) is 4.04. The number of aryl methyl sites for hydroxylation is 2. The van der Waals surface area contributed by atoms with Crippen LogP contribution in [0.2, 0.25) is 0 Å². The van der Waals surface area contributed by atoms with Crippen LogP contribution in [0.1, 0.15) is 25.1 Å². The summed E-state index contributed by atoms with van der Waals surface area (Å²) in [5.41, 5.74) is 0. The highest BCUT2D eigenvalue weighted by molar-refractivity contribution is 7.89. The van der Waals surface area contributed by atoms with E-state index >= 15 is 0 Å². The Morgan fingerprint density at radius 1 is 1.50 bits per heavy atom. The minimum absolute atomic E-state index is 0.0418. The number of hydrogen-bond acceptors (Lipinski definition) is 4. The Bertz CT molecular complexity index is 482. The third kappa shape index (κ3) is 3.09. The van der Waals surface area contributed by atoms with Gasteiger partial charge in [-0.3, -0.25) is 0 Å². The van der Waals surface area contributed by atoms with Crippen molar-refractivity contribution in [3.05, 3.63) is 12.0 Å². The van der Waals surface area contributed by atoms with Crippen molar-refractivity contribution in [3.8, 4) is 0 Å². The first-order chi connectivity index (χ1) is 8.49. The van der Waals surface area contributed by atoms with E-state index in [9.17, 15) is 8.42 Å². The molecule has 0 saturated carbocycles. The van der Waals surface area contributed by atoms with Crippen LogP contribution in [0.5, 0.6) is 0 Å². The van der Waals surface area contributed by atoms with Crippen LogP contribution in [0.25, 0.3) is 0 Å². The van der Waals surface area contributed by atoms with Gasteiger partial charge in [0.15, 0.2) is 5.03 Å². The number of imidazole rings is 1. The van der Waals surface area contributed by atoms with E-state index in [1.807, 2.05) is 0 Å². The summed E-state index contributed by atoms with van der Waals surface area (Å²) in [6, 6.07) is -0.0418. The molecule has 6 nitrogen and oxygen atoms in total. The van der Waals surface area contributed by atoms with Gasteiger partial charge in [-0.15, -0.1) is 0 Å². The average molecular weight is 272 g/mol. The molecule has 0 spiro atoms. The summed E-state index contributed by atoms with van der Waals surface area (Å²) in [6.45, 7) is 3.43. The van der Waals surface area contributed by atoms with Gasteiger partial charge in [-0.25, -0.2) is 18.1 Å². The molecule has 102 valence electrons. The fourth-order valence-electron chi connectivity index (χ4n) is 2.06. The van der Waals surface area contributed by atoms with Gasteiger partial charge in [0.1, 0.15) is 5.82 Å². The maximum atomic E-state index is 12.2. The summed E-state index contributed by atoms with van der Waals surface area (Å²) in [5, 5.41) is 3.34. The molecule has 0 aliphatic carbocycles. The SMILES string of the molecule is Cc1nc(S(=O)(=O)NC2CCCCNC2)cn1C. The minimum atomic E-state index is -3.50. The van der Waals surface area contributed by atoms with Gasteiger partial charge in [-0.1, -0.05) is 6.42 Å². The molecule has 1 aliphatic rings. The molecule has 1 aromatic rings. The zero-order valence-corrected chi connectivity index (χ0v) is 11.6. The van der Waals surface area contributed by atoms with E-state index in [1.54, 1.807) is 24.7 Å². The molecule has 1 saturated heterocycles. The summed E-state index contributed by atoms with van der Waals surface area (Å²) in [7, 11) is -1.71. The fraction of sp³-hybridized carbons (Fsp3) is 0.727. The minimum Gasteiger partial charge on any atom is -0.337 e. The molecule has 18 heavy (non-hydrogen) atoms. The van der Waals surface area contributed by atoms with Crippen molar-refractivity contribution < 1.29 is 8.42 Å². The van der Waals surface area contributed by atoms with Crippen LogP contribution in [-0.4, -0.2) is 37.1 Å². The van der Waals surface area contributed by atoms with Crippen LogP contribution >= 0.6 is 0 Å². The third-order valence-corrected chi connectivity index (χ3v) is 4.62. The molecule has 7 heteroatoms. The smallest absolute Gasteiger partial charge is 0.259 e. The van der Waals surface area contributed by atoms with E-state index in [0.717, 1.165) is 25.8 Å². The molecule has 2 N–H and O–H groups in total. The summed E-state index contributed by atoms with van der Waals surface area (Å²) >= 11 is 0. The fourth-order valence-corrected chi connectivity index (χ4v) is 3.37. The topological polar surface area (TPSA) is 76.0 Å². The molecule has 2 rings (SSSR count). The first-order valence-electron chi connectivity index (χ1n) is 6.22. The summed E-state index contributed by atoms with van der Waals surface area (Å²) < 4.78 is 28.8. The highest BCUT2D eigenvalue weighted by Crippen LogP contribution is 2.11. The van der Waals surface area contributed by atoms with Gasteiger partial charge in [-0.05, 0) is 26.3 Å². The molecule has 1 fully saturated rings. The molecule has 1 aromatic heterocycles. The van der Waals surface area contributed by atoms with E-state index in [4.69, 9.17) is 0 Å². The second-order valence-corrected chi connectivity index (χ2v) is 6.42. The summed E-state index contributed by atoms with van der Waals surface area (Å²) in [5.74, 6) is 0.689. The highest BCUT2D eigenvalue weighted by atomic mass is 32.2. The zero-order valence-electron chi connectivity index (χ0n) is 10.8. The average Bonchev–Trinajstić information content (AvgIpc) is 2.53. The van der Waals surface area contributed by atoms with Crippen molar-refractivity contribution in [2.24, 2.45) is 7.05 Å². The summed E-state index contributed by atoms with van der Waals surface area (Å²) in [6.07, 6.45) is 4.56. The molecule has 2 heterocycles. The summed E-state index contributed by atoms with van der Waals surface area (Å²) in [4.78, 5) is 4.06. The highest BCUT2D eigenvalue weighted by Gasteiger charge is 2.23. The van der Waals surface area contributed by atoms with Crippen LogP contribution in [0.4, 0.5) is 0 Å². The van der Waals surface area contributed by atoms with Crippen molar-refractivity contribution in [2.45, 2.75) is 37.3 Å². The van der Waals surface area contributed by atoms with Crippen LogP contribution in [0.3, 0.4) is 0 Å². The number of nitrogens with zero attached hydrogens (tertiary/aromatic N) is 2. The Morgan fingerprint density at radius 3 is 2.94 bits per heavy atom. The van der Waals surface area contributed by atoms with Crippen molar-refractivity contribution in [1.29, 1.82) is 0 Å². The lowest BCUT2D eigenvalue weighted by molar-refractivity contribution is 0.519.